The van der Waals surface area contributed by atoms with Crippen molar-refractivity contribution in [3.63, 3.8) is 0 Å². The molecule has 0 fully saturated rings. The highest BCUT2D eigenvalue weighted by Gasteiger charge is 2.25. The maximum absolute atomic E-state index is 13.0. The fourth-order valence-corrected chi connectivity index (χ4v) is 3.88. The standard InChI is InChI=1S/C22H20N4O2/c1-28-15-8-6-14(7-9-15)19-12-20(25-24-19)22(27)26-11-10-17-16-4-2-3-5-18(16)23-21(17)13-26/h2-9,12,23H,10-11,13H2,1H3,(H,24,25). The van der Waals surface area contributed by atoms with E-state index < -0.39 is 0 Å². The largest absolute Gasteiger partial charge is 0.497 e. The minimum Gasteiger partial charge on any atom is -0.497 e. The van der Waals surface area contributed by atoms with E-state index in [1.807, 2.05) is 41.3 Å². The molecule has 0 bridgehead atoms. The summed E-state index contributed by atoms with van der Waals surface area (Å²) in [6, 6.07) is 17.7. The maximum Gasteiger partial charge on any atom is 0.272 e. The Morgan fingerprint density at radius 1 is 1.14 bits per heavy atom. The highest BCUT2D eigenvalue weighted by Crippen LogP contribution is 2.28. The second-order valence-electron chi connectivity index (χ2n) is 7.00. The Morgan fingerprint density at radius 3 is 2.79 bits per heavy atom. The minimum atomic E-state index is -0.0310. The SMILES string of the molecule is COc1ccc(-c2cc(C(=O)N3CCc4c([nH]c5ccccc45)C3)[nH]n2)cc1. The fourth-order valence-electron chi connectivity index (χ4n) is 3.88. The number of aromatic amines is 2. The number of para-hydroxylation sites is 1. The third kappa shape index (κ3) is 2.74. The second-order valence-corrected chi connectivity index (χ2v) is 7.00. The third-order valence-corrected chi connectivity index (χ3v) is 5.36. The van der Waals surface area contributed by atoms with Crippen LogP contribution in [0.4, 0.5) is 0 Å². The number of methoxy groups -OCH3 is 1. The number of carbonyl (C=O) groups excluding carboxylic acids is 1. The molecular weight excluding hydrogens is 352 g/mol. The summed E-state index contributed by atoms with van der Waals surface area (Å²) < 4.78 is 5.19. The van der Waals surface area contributed by atoms with E-state index in [0.717, 1.165) is 34.6 Å². The first-order valence-corrected chi connectivity index (χ1v) is 9.30. The van der Waals surface area contributed by atoms with Crippen molar-refractivity contribution in [1.29, 1.82) is 0 Å². The number of nitrogens with one attached hydrogen (secondary N) is 2. The van der Waals surface area contributed by atoms with Gasteiger partial charge in [-0.1, -0.05) is 18.2 Å². The lowest BCUT2D eigenvalue weighted by Gasteiger charge is -2.26. The summed E-state index contributed by atoms with van der Waals surface area (Å²) >= 11 is 0. The van der Waals surface area contributed by atoms with Crippen molar-refractivity contribution < 1.29 is 9.53 Å². The Hall–Kier alpha value is -3.54. The first-order chi connectivity index (χ1) is 13.7. The lowest BCUT2D eigenvalue weighted by Crippen LogP contribution is -2.36. The molecule has 0 saturated carbocycles. The predicted molar refractivity (Wildman–Crippen MR) is 107 cm³/mol. The van der Waals surface area contributed by atoms with Gasteiger partial charge in [-0.05, 0) is 48.4 Å². The van der Waals surface area contributed by atoms with E-state index in [-0.39, 0.29) is 5.91 Å². The smallest absolute Gasteiger partial charge is 0.272 e. The van der Waals surface area contributed by atoms with E-state index in [4.69, 9.17) is 4.74 Å². The number of benzene rings is 2. The van der Waals surface area contributed by atoms with Gasteiger partial charge in [-0.2, -0.15) is 5.10 Å². The van der Waals surface area contributed by atoms with Gasteiger partial charge in [0.15, 0.2) is 0 Å². The summed E-state index contributed by atoms with van der Waals surface area (Å²) in [6.45, 7) is 1.28. The maximum atomic E-state index is 13.0. The first kappa shape index (κ1) is 16.6. The van der Waals surface area contributed by atoms with E-state index in [0.29, 0.717) is 18.8 Å². The molecule has 0 spiro atoms. The van der Waals surface area contributed by atoms with E-state index in [2.05, 4.69) is 33.4 Å². The van der Waals surface area contributed by atoms with Crippen LogP contribution in [0.3, 0.4) is 0 Å². The Bertz CT molecular complexity index is 1160. The molecule has 6 heteroatoms. The Kier molecular flexibility index (Phi) is 3.90. The topological polar surface area (TPSA) is 74.0 Å². The zero-order chi connectivity index (χ0) is 19.1. The molecular formula is C22H20N4O2. The average Bonchev–Trinajstić information content (AvgIpc) is 3.38. The summed E-state index contributed by atoms with van der Waals surface area (Å²) in [7, 11) is 1.64. The molecule has 1 aliphatic rings. The van der Waals surface area contributed by atoms with Crippen LogP contribution >= 0.6 is 0 Å². The molecule has 0 radical (unpaired) electrons. The number of fused-ring (bicyclic) bond motifs is 3. The van der Waals surface area contributed by atoms with Crippen molar-refractivity contribution >= 4 is 16.8 Å². The van der Waals surface area contributed by atoms with Crippen LogP contribution in [-0.4, -0.2) is 39.6 Å². The van der Waals surface area contributed by atoms with Gasteiger partial charge in [0.1, 0.15) is 11.4 Å². The number of aromatic nitrogens is 3. The lowest BCUT2D eigenvalue weighted by atomic mass is 10.0. The molecule has 6 nitrogen and oxygen atoms in total. The molecule has 0 unspecified atom stereocenters. The van der Waals surface area contributed by atoms with Gasteiger partial charge in [0.05, 0.1) is 19.3 Å². The molecule has 5 rings (SSSR count). The summed E-state index contributed by atoms with van der Waals surface area (Å²) in [5.41, 5.74) is 5.76. The Morgan fingerprint density at radius 2 is 1.96 bits per heavy atom. The summed E-state index contributed by atoms with van der Waals surface area (Å²) in [5.74, 6) is 0.759. The van der Waals surface area contributed by atoms with Crippen molar-refractivity contribution in [2.24, 2.45) is 0 Å². The number of hydrogen-bond donors (Lipinski definition) is 2. The second kappa shape index (κ2) is 6.56. The quantitative estimate of drug-likeness (QED) is 0.575. The first-order valence-electron chi connectivity index (χ1n) is 9.30. The lowest BCUT2D eigenvalue weighted by molar-refractivity contribution is 0.0727. The highest BCUT2D eigenvalue weighted by atomic mass is 16.5. The molecule has 0 saturated heterocycles. The number of carbonyl (C=O) groups is 1. The number of amides is 1. The summed E-state index contributed by atoms with van der Waals surface area (Å²) in [5, 5.41) is 8.47. The number of hydrogen-bond acceptors (Lipinski definition) is 3. The highest BCUT2D eigenvalue weighted by molar-refractivity contribution is 5.94. The predicted octanol–water partition coefficient (Wildman–Crippen LogP) is 3.77. The van der Waals surface area contributed by atoms with Gasteiger partial charge >= 0.3 is 0 Å². The number of ether oxygens (including phenoxy) is 1. The van der Waals surface area contributed by atoms with Crippen molar-refractivity contribution in [3.8, 4) is 17.0 Å². The normalized spacial score (nSPS) is 13.5. The van der Waals surface area contributed by atoms with Crippen molar-refractivity contribution in [1.82, 2.24) is 20.1 Å². The fraction of sp³-hybridized carbons (Fsp3) is 0.182. The molecule has 1 aliphatic heterocycles. The molecule has 0 aliphatic carbocycles. The number of H-pyrrole nitrogens is 2. The van der Waals surface area contributed by atoms with E-state index in [1.54, 1.807) is 7.11 Å². The Labute approximate surface area is 162 Å². The zero-order valence-corrected chi connectivity index (χ0v) is 15.5. The van der Waals surface area contributed by atoms with E-state index in [1.165, 1.54) is 10.9 Å². The molecule has 2 aromatic carbocycles. The summed E-state index contributed by atoms with van der Waals surface area (Å²) in [4.78, 5) is 18.3. The van der Waals surface area contributed by atoms with Crippen LogP contribution in [0.15, 0.2) is 54.6 Å². The number of rotatable bonds is 3. The molecule has 140 valence electrons. The van der Waals surface area contributed by atoms with Gasteiger partial charge in [0.2, 0.25) is 0 Å². The van der Waals surface area contributed by atoms with Crippen LogP contribution in [0, 0.1) is 0 Å². The van der Waals surface area contributed by atoms with E-state index >= 15 is 0 Å². The van der Waals surface area contributed by atoms with Crippen LogP contribution in [0.2, 0.25) is 0 Å². The van der Waals surface area contributed by atoms with Crippen LogP contribution in [-0.2, 0) is 13.0 Å². The molecule has 3 heterocycles. The molecule has 4 aromatic rings. The zero-order valence-electron chi connectivity index (χ0n) is 15.5. The van der Waals surface area contributed by atoms with Crippen LogP contribution < -0.4 is 4.74 Å². The van der Waals surface area contributed by atoms with Gasteiger partial charge in [-0.3, -0.25) is 9.89 Å². The van der Waals surface area contributed by atoms with Crippen molar-refractivity contribution in [2.75, 3.05) is 13.7 Å². The van der Waals surface area contributed by atoms with Gasteiger partial charge < -0.3 is 14.6 Å². The average molecular weight is 372 g/mol. The molecule has 0 atom stereocenters. The summed E-state index contributed by atoms with van der Waals surface area (Å²) in [6.07, 6.45) is 0.852. The van der Waals surface area contributed by atoms with Crippen LogP contribution in [0.5, 0.6) is 5.75 Å². The molecule has 28 heavy (non-hydrogen) atoms. The van der Waals surface area contributed by atoms with Gasteiger partial charge in [-0.25, -0.2) is 0 Å². The van der Waals surface area contributed by atoms with Gasteiger partial charge in [0, 0.05) is 28.7 Å². The number of nitrogens with zero attached hydrogens (tertiary/aromatic N) is 2. The monoisotopic (exact) mass is 372 g/mol. The third-order valence-electron chi connectivity index (χ3n) is 5.36. The molecule has 1 amide bonds. The van der Waals surface area contributed by atoms with Gasteiger partial charge in [0.25, 0.3) is 5.91 Å². The Balaban J connectivity index is 1.37. The molecule has 2 N–H and O–H groups in total. The van der Waals surface area contributed by atoms with E-state index in [9.17, 15) is 4.79 Å². The van der Waals surface area contributed by atoms with Gasteiger partial charge in [-0.15, -0.1) is 0 Å². The van der Waals surface area contributed by atoms with Crippen LogP contribution in [0.25, 0.3) is 22.2 Å². The van der Waals surface area contributed by atoms with Crippen molar-refractivity contribution in [3.05, 3.63) is 71.5 Å². The molecule has 2 aromatic heterocycles. The minimum absolute atomic E-state index is 0.0310. The van der Waals surface area contributed by atoms with Crippen LogP contribution in [0.1, 0.15) is 21.7 Å². The van der Waals surface area contributed by atoms with Crippen molar-refractivity contribution in [2.45, 2.75) is 13.0 Å².